The van der Waals surface area contributed by atoms with E-state index in [1.807, 2.05) is 36.1 Å². The Balaban J connectivity index is 1.79. The van der Waals surface area contributed by atoms with Crippen LogP contribution in [0.15, 0.2) is 35.7 Å². The molecule has 0 spiro atoms. The minimum Gasteiger partial charge on any atom is -0.391 e. The molecule has 1 N–H and O–H groups in total. The zero-order valence-electron chi connectivity index (χ0n) is 14.4. The minimum atomic E-state index is -0.393. The standard InChI is InChI=1S/C20H25NO2S/c1-3-21(17-6-4-5-7-18(17)22)20(23)16-10-8-15(9-11-16)19-14(2)12-13-24-19/h8-13,17-18,22H,3-7H2,1-2H3/t17-,18-/m1/s1. The number of aryl methyl sites for hydroxylation is 1. The number of rotatable bonds is 4. The first-order valence-corrected chi connectivity index (χ1v) is 9.63. The molecule has 0 radical (unpaired) electrons. The van der Waals surface area contributed by atoms with Gasteiger partial charge in [-0.15, -0.1) is 11.3 Å². The summed E-state index contributed by atoms with van der Waals surface area (Å²) in [6.45, 7) is 4.73. The van der Waals surface area contributed by atoms with Crippen LogP contribution in [0.1, 0.15) is 48.5 Å². The number of hydrogen-bond donors (Lipinski definition) is 1. The third-order valence-corrected chi connectivity index (χ3v) is 6.02. The van der Waals surface area contributed by atoms with Crippen LogP contribution >= 0.6 is 11.3 Å². The highest BCUT2D eigenvalue weighted by Gasteiger charge is 2.31. The van der Waals surface area contributed by atoms with Gasteiger partial charge in [0, 0.05) is 17.0 Å². The molecule has 4 heteroatoms. The predicted molar refractivity (Wildman–Crippen MR) is 99.5 cm³/mol. The van der Waals surface area contributed by atoms with Gasteiger partial charge in [0.25, 0.3) is 5.91 Å². The Kier molecular flexibility index (Phi) is 5.36. The Hall–Kier alpha value is -1.65. The monoisotopic (exact) mass is 343 g/mol. The van der Waals surface area contributed by atoms with Crippen molar-refractivity contribution in [2.75, 3.05) is 6.54 Å². The van der Waals surface area contributed by atoms with Crippen LogP contribution in [0.2, 0.25) is 0 Å². The number of benzene rings is 1. The molecule has 1 fully saturated rings. The van der Waals surface area contributed by atoms with Crippen LogP contribution in [0.25, 0.3) is 10.4 Å². The summed E-state index contributed by atoms with van der Waals surface area (Å²) in [5.74, 6) is 0.0258. The summed E-state index contributed by atoms with van der Waals surface area (Å²) >= 11 is 1.72. The molecule has 1 aromatic carbocycles. The maximum Gasteiger partial charge on any atom is 0.254 e. The van der Waals surface area contributed by atoms with Gasteiger partial charge < -0.3 is 10.0 Å². The lowest BCUT2D eigenvalue weighted by molar-refractivity contribution is 0.0196. The molecule has 1 saturated carbocycles. The fourth-order valence-electron chi connectivity index (χ4n) is 3.58. The van der Waals surface area contributed by atoms with Crippen molar-refractivity contribution in [2.45, 2.75) is 51.7 Å². The van der Waals surface area contributed by atoms with Gasteiger partial charge in [0.1, 0.15) is 0 Å². The number of likely N-dealkylation sites (N-methyl/N-ethyl adjacent to an activating group) is 1. The first-order chi connectivity index (χ1) is 11.6. The summed E-state index contributed by atoms with van der Waals surface area (Å²) in [5, 5.41) is 12.4. The molecule has 1 heterocycles. The molecule has 0 aliphatic heterocycles. The molecule has 3 rings (SSSR count). The Morgan fingerprint density at radius 3 is 2.50 bits per heavy atom. The van der Waals surface area contributed by atoms with E-state index in [4.69, 9.17) is 0 Å². The number of hydrogen-bond acceptors (Lipinski definition) is 3. The maximum atomic E-state index is 12.9. The van der Waals surface area contributed by atoms with Crippen molar-refractivity contribution in [1.82, 2.24) is 4.90 Å². The van der Waals surface area contributed by atoms with Gasteiger partial charge in [-0.1, -0.05) is 25.0 Å². The van der Waals surface area contributed by atoms with Gasteiger partial charge in [-0.2, -0.15) is 0 Å². The summed E-state index contributed by atoms with van der Waals surface area (Å²) in [6.07, 6.45) is 3.44. The molecule has 128 valence electrons. The number of amides is 1. The Labute approximate surface area is 147 Å². The third kappa shape index (κ3) is 3.40. The van der Waals surface area contributed by atoms with E-state index in [0.717, 1.165) is 31.2 Å². The van der Waals surface area contributed by atoms with Crippen LogP contribution in [-0.4, -0.2) is 34.6 Å². The van der Waals surface area contributed by atoms with Crippen LogP contribution < -0.4 is 0 Å². The van der Waals surface area contributed by atoms with Crippen LogP contribution in [-0.2, 0) is 0 Å². The van der Waals surface area contributed by atoms with E-state index < -0.39 is 6.10 Å². The zero-order valence-corrected chi connectivity index (χ0v) is 15.2. The smallest absolute Gasteiger partial charge is 0.254 e. The summed E-state index contributed by atoms with van der Waals surface area (Å²) in [6, 6.07) is 9.94. The summed E-state index contributed by atoms with van der Waals surface area (Å²) in [7, 11) is 0. The van der Waals surface area contributed by atoms with E-state index in [0.29, 0.717) is 12.1 Å². The lowest BCUT2D eigenvalue weighted by Crippen LogP contribution is -2.48. The maximum absolute atomic E-state index is 12.9. The van der Waals surface area contributed by atoms with E-state index in [2.05, 4.69) is 18.4 Å². The van der Waals surface area contributed by atoms with Crippen LogP contribution in [0, 0.1) is 6.92 Å². The second-order valence-electron chi connectivity index (χ2n) is 6.52. The average molecular weight is 343 g/mol. The molecule has 0 unspecified atom stereocenters. The number of nitrogens with zero attached hydrogens (tertiary/aromatic N) is 1. The molecule has 0 bridgehead atoms. The summed E-state index contributed by atoms with van der Waals surface area (Å²) in [4.78, 5) is 16.0. The third-order valence-electron chi connectivity index (χ3n) is 4.95. The van der Waals surface area contributed by atoms with Gasteiger partial charge in [0.15, 0.2) is 0 Å². The van der Waals surface area contributed by atoms with Crippen molar-refractivity contribution in [1.29, 1.82) is 0 Å². The van der Waals surface area contributed by atoms with Crippen molar-refractivity contribution < 1.29 is 9.90 Å². The van der Waals surface area contributed by atoms with Crippen LogP contribution in [0.3, 0.4) is 0 Å². The second kappa shape index (κ2) is 7.49. The molecule has 2 atom stereocenters. The van der Waals surface area contributed by atoms with Gasteiger partial charge >= 0.3 is 0 Å². The number of carbonyl (C=O) groups excluding carboxylic acids is 1. The highest BCUT2D eigenvalue weighted by atomic mass is 32.1. The predicted octanol–water partition coefficient (Wildman–Crippen LogP) is 4.49. The van der Waals surface area contributed by atoms with Gasteiger partial charge in [-0.3, -0.25) is 4.79 Å². The average Bonchev–Trinajstić information content (AvgIpc) is 3.03. The molecule has 1 amide bonds. The van der Waals surface area contributed by atoms with E-state index in [9.17, 15) is 9.90 Å². The molecule has 24 heavy (non-hydrogen) atoms. The summed E-state index contributed by atoms with van der Waals surface area (Å²) in [5.41, 5.74) is 3.12. The molecule has 1 aliphatic carbocycles. The molecular formula is C20H25NO2S. The highest BCUT2D eigenvalue weighted by molar-refractivity contribution is 7.13. The SMILES string of the molecule is CCN(C(=O)c1ccc(-c2sccc2C)cc1)[C@@H]1CCCC[C@H]1O. The molecule has 1 aromatic heterocycles. The van der Waals surface area contributed by atoms with Crippen LogP contribution in [0.4, 0.5) is 0 Å². The number of carbonyl (C=O) groups is 1. The lowest BCUT2D eigenvalue weighted by atomic mass is 9.91. The van der Waals surface area contributed by atoms with E-state index >= 15 is 0 Å². The topological polar surface area (TPSA) is 40.5 Å². The fourth-order valence-corrected chi connectivity index (χ4v) is 4.52. The van der Waals surface area contributed by atoms with Crippen molar-refractivity contribution in [2.24, 2.45) is 0 Å². The largest absolute Gasteiger partial charge is 0.391 e. The Morgan fingerprint density at radius 2 is 1.92 bits per heavy atom. The lowest BCUT2D eigenvalue weighted by Gasteiger charge is -2.37. The summed E-state index contributed by atoms with van der Waals surface area (Å²) < 4.78 is 0. The normalized spacial score (nSPS) is 20.8. The first-order valence-electron chi connectivity index (χ1n) is 8.75. The van der Waals surface area contributed by atoms with Gasteiger partial charge in [0.2, 0.25) is 0 Å². The van der Waals surface area contributed by atoms with Gasteiger partial charge in [-0.05, 0) is 61.4 Å². The molecule has 2 aromatic rings. The van der Waals surface area contributed by atoms with Crippen molar-refractivity contribution >= 4 is 17.2 Å². The second-order valence-corrected chi connectivity index (χ2v) is 7.44. The van der Waals surface area contributed by atoms with Crippen LogP contribution in [0.5, 0.6) is 0 Å². The molecule has 0 saturated heterocycles. The number of aliphatic hydroxyl groups excluding tert-OH is 1. The first kappa shape index (κ1) is 17.2. The molecule has 3 nitrogen and oxygen atoms in total. The Morgan fingerprint density at radius 1 is 1.21 bits per heavy atom. The van der Waals surface area contributed by atoms with E-state index in [-0.39, 0.29) is 11.9 Å². The molecular weight excluding hydrogens is 318 g/mol. The zero-order chi connectivity index (χ0) is 17.1. The highest BCUT2D eigenvalue weighted by Crippen LogP contribution is 2.30. The molecule has 1 aliphatic rings. The number of thiophene rings is 1. The van der Waals surface area contributed by atoms with Gasteiger partial charge in [-0.25, -0.2) is 0 Å². The quantitative estimate of drug-likeness (QED) is 0.888. The minimum absolute atomic E-state index is 0.0258. The van der Waals surface area contributed by atoms with E-state index in [1.54, 1.807) is 11.3 Å². The van der Waals surface area contributed by atoms with Gasteiger partial charge in [0.05, 0.1) is 12.1 Å². The van der Waals surface area contributed by atoms with Crippen molar-refractivity contribution in [3.8, 4) is 10.4 Å². The number of aliphatic hydroxyl groups is 1. The van der Waals surface area contributed by atoms with E-state index in [1.165, 1.54) is 10.4 Å². The van der Waals surface area contributed by atoms with Crippen molar-refractivity contribution in [3.05, 3.63) is 46.8 Å². The fraction of sp³-hybridized carbons (Fsp3) is 0.450. The Bertz CT molecular complexity index is 692. The van der Waals surface area contributed by atoms with Crippen molar-refractivity contribution in [3.63, 3.8) is 0 Å².